The molecule has 2 fully saturated rings. The number of urea groups is 1. The normalized spacial score (nSPS) is 19.4. The van der Waals surface area contributed by atoms with Gasteiger partial charge in [0.25, 0.3) is 0 Å². The topological polar surface area (TPSA) is 74.4 Å². The van der Waals surface area contributed by atoms with Crippen LogP contribution in [-0.2, 0) is 11.3 Å². The molecule has 1 atom stereocenters. The monoisotopic (exact) mass is 390 g/mol. The molecule has 8 heteroatoms. The SMILES string of the molecule is COc1cc(C)c(CN2CCN([C@H](C)C(=O)N3CCNC3=O)CC2)cc1OC. The first-order valence-corrected chi connectivity index (χ1v) is 9.71. The van der Waals surface area contributed by atoms with E-state index in [1.165, 1.54) is 16.0 Å². The van der Waals surface area contributed by atoms with Gasteiger partial charge in [-0.3, -0.25) is 19.5 Å². The molecule has 0 saturated carbocycles. The fourth-order valence-electron chi connectivity index (χ4n) is 3.81. The minimum absolute atomic E-state index is 0.112. The average Bonchev–Trinajstić information content (AvgIpc) is 3.14. The van der Waals surface area contributed by atoms with Crippen molar-refractivity contribution in [1.29, 1.82) is 0 Å². The van der Waals surface area contributed by atoms with E-state index in [4.69, 9.17) is 9.47 Å². The van der Waals surface area contributed by atoms with Gasteiger partial charge in [-0.05, 0) is 37.1 Å². The standard InChI is InChI=1S/C20H30N4O4/c1-14-11-17(27-3)18(28-4)12-16(14)13-22-7-9-23(10-8-22)15(2)19(25)24-6-5-21-20(24)26/h11-12,15H,5-10,13H2,1-4H3,(H,21,26)/t15-/m1/s1. The summed E-state index contributed by atoms with van der Waals surface area (Å²) in [5.41, 5.74) is 2.38. The predicted octanol–water partition coefficient (Wildman–Crippen LogP) is 1.07. The summed E-state index contributed by atoms with van der Waals surface area (Å²) in [4.78, 5) is 30.2. The number of rotatable bonds is 6. The van der Waals surface area contributed by atoms with E-state index in [1.807, 2.05) is 19.1 Å². The van der Waals surface area contributed by atoms with Crippen molar-refractivity contribution in [1.82, 2.24) is 20.0 Å². The lowest BCUT2D eigenvalue weighted by atomic mass is 10.1. The molecule has 2 aliphatic heterocycles. The predicted molar refractivity (Wildman–Crippen MR) is 106 cm³/mol. The maximum Gasteiger partial charge on any atom is 0.324 e. The highest BCUT2D eigenvalue weighted by Gasteiger charge is 2.33. The number of nitrogens with one attached hydrogen (secondary N) is 1. The van der Waals surface area contributed by atoms with Crippen LogP contribution in [0.1, 0.15) is 18.1 Å². The van der Waals surface area contributed by atoms with Crippen molar-refractivity contribution >= 4 is 11.9 Å². The van der Waals surface area contributed by atoms with Crippen LogP contribution in [0.2, 0.25) is 0 Å². The summed E-state index contributed by atoms with van der Waals surface area (Å²) in [6, 6.07) is 3.48. The number of hydrogen-bond donors (Lipinski definition) is 1. The van der Waals surface area contributed by atoms with Crippen LogP contribution in [-0.4, -0.2) is 86.2 Å². The summed E-state index contributed by atoms with van der Waals surface area (Å²) in [6.45, 7) is 9.14. The molecular formula is C20H30N4O4. The van der Waals surface area contributed by atoms with Crippen molar-refractivity contribution in [3.05, 3.63) is 23.3 Å². The van der Waals surface area contributed by atoms with E-state index in [1.54, 1.807) is 14.2 Å². The zero-order valence-electron chi connectivity index (χ0n) is 17.2. The van der Waals surface area contributed by atoms with Crippen molar-refractivity contribution in [2.24, 2.45) is 0 Å². The maximum atomic E-state index is 12.6. The number of imide groups is 1. The van der Waals surface area contributed by atoms with Crippen LogP contribution in [0.4, 0.5) is 4.79 Å². The highest BCUT2D eigenvalue weighted by molar-refractivity contribution is 5.98. The van der Waals surface area contributed by atoms with E-state index in [2.05, 4.69) is 22.0 Å². The van der Waals surface area contributed by atoms with E-state index in [0.29, 0.717) is 13.1 Å². The van der Waals surface area contributed by atoms with Gasteiger partial charge in [-0.1, -0.05) is 0 Å². The van der Waals surface area contributed by atoms with Gasteiger partial charge in [-0.2, -0.15) is 0 Å². The number of carbonyl (C=O) groups excluding carboxylic acids is 2. The number of benzene rings is 1. The van der Waals surface area contributed by atoms with Crippen molar-refractivity contribution in [2.45, 2.75) is 26.4 Å². The van der Waals surface area contributed by atoms with E-state index in [-0.39, 0.29) is 18.0 Å². The van der Waals surface area contributed by atoms with Crippen LogP contribution >= 0.6 is 0 Å². The maximum absolute atomic E-state index is 12.6. The third-order valence-electron chi connectivity index (χ3n) is 5.67. The van der Waals surface area contributed by atoms with E-state index >= 15 is 0 Å². The Morgan fingerprint density at radius 3 is 2.32 bits per heavy atom. The first-order chi connectivity index (χ1) is 13.4. The van der Waals surface area contributed by atoms with Gasteiger partial charge >= 0.3 is 6.03 Å². The van der Waals surface area contributed by atoms with Crippen LogP contribution < -0.4 is 14.8 Å². The first kappa shape index (κ1) is 20.4. The Morgan fingerprint density at radius 2 is 1.75 bits per heavy atom. The van der Waals surface area contributed by atoms with Gasteiger partial charge in [0.05, 0.1) is 20.3 Å². The van der Waals surface area contributed by atoms with Gasteiger partial charge in [0.15, 0.2) is 11.5 Å². The second-order valence-corrected chi connectivity index (χ2v) is 7.34. The van der Waals surface area contributed by atoms with Gasteiger partial charge < -0.3 is 14.8 Å². The van der Waals surface area contributed by atoms with Crippen LogP contribution in [0.3, 0.4) is 0 Å². The number of carbonyl (C=O) groups is 2. The molecule has 8 nitrogen and oxygen atoms in total. The number of methoxy groups -OCH3 is 2. The number of nitrogens with zero attached hydrogens (tertiary/aromatic N) is 3. The minimum Gasteiger partial charge on any atom is -0.493 e. The van der Waals surface area contributed by atoms with E-state index in [0.717, 1.165) is 44.2 Å². The molecule has 3 rings (SSSR count). The van der Waals surface area contributed by atoms with Crippen LogP contribution in [0.5, 0.6) is 11.5 Å². The molecule has 0 radical (unpaired) electrons. The Kier molecular flexibility index (Phi) is 6.41. The zero-order chi connectivity index (χ0) is 20.3. The lowest BCUT2D eigenvalue weighted by molar-refractivity contribution is -0.133. The van der Waals surface area contributed by atoms with Crippen molar-refractivity contribution in [2.75, 3.05) is 53.5 Å². The molecule has 0 aromatic heterocycles. The quantitative estimate of drug-likeness (QED) is 0.783. The summed E-state index contributed by atoms with van der Waals surface area (Å²) >= 11 is 0. The molecule has 2 saturated heterocycles. The highest BCUT2D eigenvalue weighted by atomic mass is 16.5. The number of ether oxygens (including phenoxy) is 2. The minimum atomic E-state index is -0.284. The number of amides is 3. The molecule has 1 N–H and O–H groups in total. The van der Waals surface area contributed by atoms with E-state index < -0.39 is 0 Å². The number of piperazine rings is 1. The molecule has 2 aliphatic rings. The molecule has 3 amide bonds. The summed E-state index contributed by atoms with van der Waals surface area (Å²) < 4.78 is 10.8. The fourth-order valence-corrected chi connectivity index (χ4v) is 3.81. The van der Waals surface area contributed by atoms with Crippen molar-refractivity contribution in [3.8, 4) is 11.5 Å². The Hall–Kier alpha value is -2.32. The van der Waals surface area contributed by atoms with Gasteiger partial charge in [0.1, 0.15) is 0 Å². The number of hydrogen-bond acceptors (Lipinski definition) is 6. The largest absolute Gasteiger partial charge is 0.493 e. The first-order valence-electron chi connectivity index (χ1n) is 9.71. The van der Waals surface area contributed by atoms with Crippen molar-refractivity contribution < 1.29 is 19.1 Å². The molecule has 1 aromatic rings. The molecule has 154 valence electrons. The number of aryl methyl sites for hydroxylation is 1. The molecule has 1 aromatic carbocycles. The summed E-state index contributed by atoms with van der Waals surface area (Å²) in [6.07, 6.45) is 0. The molecular weight excluding hydrogens is 360 g/mol. The second kappa shape index (κ2) is 8.79. The Balaban J connectivity index is 1.57. The Morgan fingerprint density at radius 1 is 1.11 bits per heavy atom. The third kappa shape index (κ3) is 4.23. The van der Waals surface area contributed by atoms with Gasteiger partial charge in [-0.25, -0.2) is 4.79 Å². The van der Waals surface area contributed by atoms with Crippen LogP contribution in [0, 0.1) is 6.92 Å². The molecule has 2 heterocycles. The third-order valence-corrected chi connectivity index (χ3v) is 5.67. The molecule has 0 bridgehead atoms. The van der Waals surface area contributed by atoms with Gasteiger partial charge in [0.2, 0.25) is 5.91 Å². The summed E-state index contributed by atoms with van der Waals surface area (Å²) in [5, 5.41) is 2.69. The fraction of sp³-hybridized carbons (Fsp3) is 0.600. The molecule has 0 aliphatic carbocycles. The van der Waals surface area contributed by atoms with Crippen molar-refractivity contribution in [3.63, 3.8) is 0 Å². The van der Waals surface area contributed by atoms with E-state index in [9.17, 15) is 9.59 Å². The smallest absolute Gasteiger partial charge is 0.324 e. The summed E-state index contributed by atoms with van der Waals surface area (Å²) in [7, 11) is 3.29. The molecule has 0 spiro atoms. The Labute approximate surface area is 166 Å². The zero-order valence-corrected chi connectivity index (χ0v) is 17.2. The van der Waals surface area contributed by atoms with Crippen LogP contribution in [0.25, 0.3) is 0 Å². The lowest BCUT2D eigenvalue weighted by Crippen LogP contribution is -2.54. The lowest BCUT2D eigenvalue weighted by Gasteiger charge is -2.38. The second-order valence-electron chi connectivity index (χ2n) is 7.34. The van der Waals surface area contributed by atoms with Gasteiger partial charge in [-0.15, -0.1) is 0 Å². The summed E-state index contributed by atoms with van der Waals surface area (Å²) in [5.74, 6) is 1.37. The molecule has 28 heavy (non-hydrogen) atoms. The van der Waals surface area contributed by atoms with Crippen LogP contribution in [0.15, 0.2) is 12.1 Å². The molecule has 0 unspecified atom stereocenters. The Bertz CT molecular complexity index is 731. The average molecular weight is 390 g/mol. The highest BCUT2D eigenvalue weighted by Crippen LogP contribution is 2.31. The van der Waals surface area contributed by atoms with Gasteiger partial charge in [0, 0.05) is 45.8 Å².